The zero-order valence-electron chi connectivity index (χ0n) is 9.64. The summed E-state index contributed by atoms with van der Waals surface area (Å²) in [6.07, 6.45) is 0. The van der Waals surface area contributed by atoms with Crippen LogP contribution in [0.25, 0.3) is 0 Å². The molecule has 0 radical (unpaired) electrons. The van der Waals surface area contributed by atoms with Crippen molar-refractivity contribution in [2.45, 2.75) is 24.0 Å². The molecule has 0 fully saturated rings. The van der Waals surface area contributed by atoms with Crippen LogP contribution in [0.3, 0.4) is 0 Å². The molecule has 0 aliphatic carbocycles. The molecule has 1 aromatic heterocycles. The number of aromatic nitrogens is 1. The number of rotatable bonds is 3. The fraction of sp³-hybridized carbons (Fsp3) is 0.182. The van der Waals surface area contributed by atoms with E-state index >= 15 is 0 Å². The molecular formula is C11H9ClN2O3S. The summed E-state index contributed by atoms with van der Waals surface area (Å²) in [5, 5.41) is 11.4. The lowest BCUT2D eigenvalue weighted by atomic mass is 10.3. The van der Waals surface area contributed by atoms with Crippen LogP contribution in [-0.4, -0.2) is 9.91 Å². The Bertz CT molecular complexity index is 593. The van der Waals surface area contributed by atoms with Gasteiger partial charge in [-0.3, -0.25) is 10.1 Å². The summed E-state index contributed by atoms with van der Waals surface area (Å²) in [6, 6.07) is 4.75. The minimum absolute atomic E-state index is 0.102. The third-order valence-electron chi connectivity index (χ3n) is 2.34. The van der Waals surface area contributed by atoms with Crippen LogP contribution in [0.15, 0.2) is 32.7 Å². The quantitative estimate of drug-likeness (QED) is 0.629. The van der Waals surface area contributed by atoms with Gasteiger partial charge in [-0.15, -0.1) is 0 Å². The van der Waals surface area contributed by atoms with E-state index < -0.39 is 4.92 Å². The Labute approximate surface area is 112 Å². The van der Waals surface area contributed by atoms with Gasteiger partial charge < -0.3 is 4.42 Å². The van der Waals surface area contributed by atoms with Crippen molar-refractivity contribution in [3.8, 4) is 0 Å². The molecule has 0 amide bonds. The molecule has 94 valence electrons. The molecule has 0 bridgehead atoms. The van der Waals surface area contributed by atoms with Crippen molar-refractivity contribution in [1.82, 2.24) is 4.98 Å². The second-order valence-corrected chi connectivity index (χ2v) is 4.97. The average molecular weight is 285 g/mol. The van der Waals surface area contributed by atoms with Crippen molar-refractivity contribution in [3.05, 3.63) is 44.8 Å². The van der Waals surface area contributed by atoms with Crippen LogP contribution in [0.1, 0.15) is 11.5 Å². The largest absolute Gasteiger partial charge is 0.436 e. The maximum absolute atomic E-state index is 11.0. The van der Waals surface area contributed by atoms with E-state index in [0.29, 0.717) is 15.9 Å². The molecule has 0 aliphatic rings. The van der Waals surface area contributed by atoms with Gasteiger partial charge >= 0.3 is 5.69 Å². The maximum Gasteiger partial charge on any atom is 0.301 e. The molecule has 1 aromatic carbocycles. The lowest BCUT2D eigenvalue weighted by Crippen LogP contribution is -1.91. The van der Waals surface area contributed by atoms with E-state index in [1.54, 1.807) is 19.1 Å². The van der Waals surface area contributed by atoms with E-state index in [1.165, 1.54) is 6.07 Å². The van der Waals surface area contributed by atoms with Crippen molar-refractivity contribution >= 4 is 29.1 Å². The molecule has 1 heterocycles. The topological polar surface area (TPSA) is 69.2 Å². The molecule has 0 saturated heterocycles. The van der Waals surface area contributed by atoms with Crippen LogP contribution in [-0.2, 0) is 0 Å². The summed E-state index contributed by atoms with van der Waals surface area (Å²) in [5.74, 6) is 0.696. The number of para-hydroxylation sites is 1. The zero-order valence-corrected chi connectivity index (χ0v) is 11.2. The first-order chi connectivity index (χ1) is 8.49. The average Bonchev–Trinajstić information content (AvgIpc) is 2.57. The van der Waals surface area contributed by atoms with Crippen LogP contribution in [0.2, 0.25) is 5.02 Å². The molecule has 2 aromatic rings. The van der Waals surface area contributed by atoms with Gasteiger partial charge in [-0.2, -0.15) is 0 Å². The third kappa shape index (κ3) is 2.49. The maximum atomic E-state index is 11.0. The second kappa shape index (κ2) is 4.99. The third-order valence-corrected chi connectivity index (χ3v) is 3.54. The molecule has 7 heteroatoms. The Morgan fingerprint density at radius 3 is 2.72 bits per heavy atom. The number of benzene rings is 1. The van der Waals surface area contributed by atoms with E-state index in [4.69, 9.17) is 16.0 Å². The van der Waals surface area contributed by atoms with Gasteiger partial charge in [0.1, 0.15) is 10.8 Å². The van der Waals surface area contributed by atoms with Gasteiger partial charge in [0.25, 0.3) is 5.22 Å². The molecule has 0 saturated carbocycles. The lowest BCUT2D eigenvalue weighted by molar-refractivity contribution is -0.387. The fourth-order valence-electron chi connectivity index (χ4n) is 1.34. The van der Waals surface area contributed by atoms with Crippen molar-refractivity contribution < 1.29 is 9.34 Å². The SMILES string of the molecule is Cc1nc(Sc2cccc(Cl)c2[N+](=O)[O-])oc1C. The second-order valence-electron chi connectivity index (χ2n) is 3.57. The molecule has 0 unspecified atom stereocenters. The minimum Gasteiger partial charge on any atom is -0.436 e. The van der Waals surface area contributed by atoms with E-state index in [2.05, 4.69) is 4.98 Å². The van der Waals surface area contributed by atoms with Crippen LogP contribution < -0.4 is 0 Å². The van der Waals surface area contributed by atoms with E-state index in [-0.39, 0.29) is 10.7 Å². The van der Waals surface area contributed by atoms with Gasteiger partial charge in [-0.05, 0) is 37.7 Å². The number of oxazole rings is 1. The summed E-state index contributed by atoms with van der Waals surface area (Å²) in [5.41, 5.74) is 0.639. The summed E-state index contributed by atoms with van der Waals surface area (Å²) in [7, 11) is 0. The Morgan fingerprint density at radius 1 is 1.44 bits per heavy atom. The number of hydrogen-bond acceptors (Lipinski definition) is 5. The van der Waals surface area contributed by atoms with Crippen molar-refractivity contribution in [2.75, 3.05) is 0 Å². The molecule has 0 aliphatic heterocycles. The molecule has 18 heavy (non-hydrogen) atoms. The Kier molecular flexibility index (Phi) is 3.58. The lowest BCUT2D eigenvalue weighted by Gasteiger charge is -2.00. The Balaban J connectivity index is 2.40. The standard InChI is InChI=1S/C11H9ClN2O3S/c1-6-7(2)17-11(13-6)18-9-5-3-4-8(12)10(9)14(15)16/h3-5H,1-2H3. The summed E-state index contributed by atoms with van der Waals surface area (Å²) >= 11 is 6.91. The smallest absolute Gasteiger partial charge is 0.301 e. The van der Waals surface area contributed by atoms with Crippen LogP contribution in [0.5, 0.6) is 0 Å². The Hall–Kier alpha value is -1.53. The first-order valence-electron chi connectivity index (χ1n) is 5.04. The van der Waals surface area contributed by atoms with Crippen molar-refractivity contribution in [1.29, 1.82) is 0 Å². The monoisotopic (exact) mass is 284 g/mol. The molecule has 5 nitrogen and oxygen atoms in total. The molecular weight excluding hydrogens is 276 g/mol. The number of nitro groups is 1. The summed E-state index contributed by atoms with van der Waals surface area (Å²) in [4.78, 5) is 15.0. The normalized spacial score (nSPS) is 10.6. The van der Waals surface area contributed by atoms with Gasteiger partial charge in [-0.25, -0.2) is 4.98 Å². The molecule has 0 atom stereocenters. The predicted octanol–water partition coefficient (Wildman–Crippen LogP) is 4.00. The van der Waals surface area contributed by atoms with Gasteiger partial charge in [-0.1, -0.05) is 17.7 Å². The zero-order chi connectivity index (χ0) is 13.3. The predicted molar refractivity (Wildman–Crippen MR) is 68.2 cm³/mol. The molecule has 0 spiro atoms. The number of nitrogens with zero attached hydrogens (tertiary/aromatic N) is 2. The van der Waals surface area contributed by atoms with E-state index in [0.717, 1.165) is 17.5 Å². The number of nitro benzene ring substituents is 1. The van der Waals surface area contributed by atoms with Crippen LogP contribution in [0.4, 0.5) is 5.69 Å². The van der Waals surface area contributed by atoms with Gasteiger partial charge in [0.2, 0.25) is 0 Å². The van der Waals surface area contributed by atoms with E-state index in [1.807, 2.05) is 6.92 Å². The van der Waals surface area contributed by atoms with Gasteiger partial charge in [0, 0.05) is 0 Å². The van der Waals surface area contributed by atoms with Crippen LogP contribution >= 0.6 is 23.4 Å². The Morgan fingerprint density at radius 2 is 2.17 bits per heavy atom. The van der Waals surface area contributed by atoms with Crippen molar-refractivity contribution in [2.24, 2.45) is 0 Å². The minimum atomic E-state index is -0.507. The summed E-state index contributed by atoms with van der Waals surface area (Å²) in [6.45, 7) is 3.61. The highest BCUT2D eigenvalue weighted by Crippen LogP contribution is 2.38. The highest BCUT2D eigenvalue weighted by atomic mass is 35.5. The summed E-state index contributed by atoms with van der Waals surface area (Å²) < 4.78 is 5.38. The number of aryl methyl sites for hydroxylation is 2. The first-order valence-corrected chi connectivity index (χ1v) is 6.23. The molecule has 2 rings (SSSR count). The first kappa shape index (κ1) is 12.9. The van der Waals surface area contributed by atoms with Gasteiger partial charge in [0.15, 0.2) is 0 Å². The molecule has 0 N–H and O–H groups in total. The fourth-order valence-corrected chi connectivity index (χ4v) is 2.60. The number of hydrogen-bond donors (Lipinski definition) is 0. The van der Waals surface area contributed by atoms with Crippen molar-refractivity contribution in [3.63, 3.8) is 0 Å². The highest BCUT2D eigenvalue weighted by Gasteiger charge is 2.21. The van der Waals surface area contributed by atoms with Gasteiger partial charge in [0.05, 0.1) is 15.5 Å². The van der Waals surface area contributed by atoms with E-state index in [9.17, 15) is 10.1 Å². The van der Waals surface area contributed by atoms with Crippen LogP contribution in [0, 0.1) is 24.0 Å². The number of halogens is 1. The highest BCUT2D eigenvalue weighted by molar-refractivity contribution is 7.99.